The summed E-state index contributed by atoms with van der Waals surface area (Å²) >= 11 is 0. The van der Waals surface area contributed by atoms with Crippen LogP contribution in [0.4, 0.5) is 29.2 Å². The van der Waals surface area contributed by atoms with Gasteiger partial charge in [0.15, 0.2) is 17.0 Å². The van der Waals surface area contributed by atoms with Crippen LogP contribution in [0, 0.1) is 5.82 Å². The van der Waals surface area contributed by atoms with Crippen LogP contribution in [0.5, 0.6) is 0 Å². The predicted molar refractivity (Wildman–Crippen MR) is 118 cm³/mol. The van der Waals surface area contributed by atoms with Crippen LogP contribution in [-0.4, -0.2) is 93.1 Å². The fraction of sp³-hybridized carbons (Fsp3) is 0.524. The summed E-state index contributed by atoms with van der Waals surface area (Å²) in [6.07, 6.45) is -0.323. The number of halogens is 4. The Balaban J connectivity index is 1.34. The summed E-state index contributed by atoms with van der Waals surface area (Å²) in [6, 6.07) is 2.94. The van der Waals surface area contributed by atoms with Crippen molar-refractivity contribution in [2.75, 3.05) is 56.6 Å². The Morgan fingerprint density at radius 1 is 1.12 bits per heavy atom. The molecule has 0 saturated carbocycles. The number of hydrogen-bond donors (Lipinski definition) is 1. The van der Waals surface area contributed by atoms with Gasteiger partial charge in [-0.3, -0.25) is 0 Å². The molecule has 1 aliphatic heterocycles. The van der Waals surface area contributed by atoms with Crippen molar-refractivity contribution in [1.82, 2.24) is 29.4 Å². The highest BCUT2D eigenvalue weighted by atomic mass is 19.4. The molecule has 1 fully saturated rings. The minimum absolute atomic E-state index is 0.122. The van der Waals surface area contributed by atoms with E-state index in [4.69, 9.17) is 0 Å². The number of pyridine rings is 1. The van der Waals surface area contributed by atoms with E-state index in [1.165, 1.54) is 12.4 Å². The normalized spacial score (nSPS) is 18.9. The van der Waals surface area contributed by atoms with Crippen molar-refractivity contribution in [1.29, 1.82) is 0 Å². The fourth-order valence-electron chi connectivity index (χ4n) is 4.20. The van der Waals surface area contributed by atoms with Crippen molar-refractivity contribution < 1.29 is 22.7 Å². The van der Waals surface area contributed by atoms with Crippen molar-refractivity contribution in [3.63, 3.8) is 0 Å². The lowest BCUT2D eigenvalue weighted by Gasteiger charge is -2.30. The Labute approximate surface area is 193 Å². The fourth-order valence-corrected chi connectivity index (χ4v) is 4.20. The molecule has 34 heavy (non-hydrogen) atoms. The highest BCUT2D eigenvalue weighted by Crippen LogP contribution is 2.27. The van der Waals surface area contributed by atoms with Crippen molar-refractivity contribution >= 4 is 22.8 Å². The summed E-state index contributed by atoms with van der Waals surface area (Å²) in [7, 11) is 3.67. The third-order valence-electron chi connectivity index (χ3n) is 5.84. The summed E-state index contributed by atoms with van der Waals surface area (Å²) in [5, 5.41) is 11.0. The summed E-state index contributed by atoms with van der Waals surface area (Å²) < 4.78 is 52.5. The molecule has 0 bridgehead atoms. The summed E-state index contributed by atoms with van der Waals surface area (Å²) in [5.41, 5.74) is -0.520. The number of likely N-dealkylation sites (N-methyl/N-ethyl adjacent to an activating group) is 2. The highest BCUT2D eigenvalue weighted by molar-refractivity contribution is 5.83. The molecule has 1 N–H and O–H groups in total. The van der Waals surface area contributed by atoms with E-state index in [0.29, 0.717) is 56.3 Å². The maximum absolute atomic E-state index is 13.1. The van der Waals surface area contributed by atoms with Gasteiger partial charge in [0.1, 0.15) is 24.5 Å². The smallest absolute Gasteiger partial charge is 0.387 e. The second kappa shape index (κ2) is 9.29. The second-order valence-electron chi connectivity index (χ2n) is 8.75. The molecule has 184 valence electrons. The van der Waals surface area contributed by atoms with Gasteiger partial charge in [0.25, 0.3) is 0 Å². The number of anilines is 2. The summed E-state index contributed by atoms with van der Waals surface area (Å²) in [6.45, 7) is 1.32. The molecule has 4 heterocycles. The molecule has 4 rings (SSSR count). The summed E-state index contributed by atoms with van der Waals surface area (Å²) in [4.78, 5) is 22.1. The number of aliphatic hydroxyl groups is 1. The Kier molecular flexibility index (Phi) is 6.58. The van der Waals surface area contributed by atoms with E-state index >= 15 is 0 Å². The van der Waals surface area contributed by atoms with E-state index < -0.39 is 24.1 Å². The van der Waals surface area contributed by atoms with Gasteiger partial charge in [0.2, 0.25) is 0 Å². The van der Waals surface area contributed by atoms with Crippen LogP contribution < -0.4 is 9.80 Å². The molecule has 0 spiro atoms. The number of rotatable bonds is 8. The zero-order chi connectivity index (χ0) is 24.5. The molecular formula is C21H26F4N8O. The number of alkyl halides is 3. The highest BCUT2D eigenvalue weighted by Gasteiger charge is 2.37. The first-order valence-corrected chi connectivity index (χ1v) is 10.7. The maximum atomic E-state index is 13.1. The summed E-state index contributed by atoms with van der Waals surface area (Å²) in [5.74, 6) is 0.653. The van der Waals surface area contributed by atoms with Crippen molar-refractivity contribution in [2.24, 2.45) is 0 Å². The van der Waals surface area contributed by atoms with Crippen LogP contribution in [0.1, 0.15) is 6.42 Å². The number of nitrogens with zero attached hydrogens (tertiary/aromatic N) is 8. The first-order valence-electron chi connectivity index (χ1n) is 10.7. The average molecular weight is 482 g/mol. The van der Waals surface area contributed by atoms with Crippen LogP contribution in [-0.2, 0) is 6.54 Å². The quantitative estimate of drug-likeness (QED) is 0.488. The molecular weight excluding hydrogens is 456 g/mol. The molecule has 13 heteroatoms. The van der Waals surface area contributed by atoms with Gasteiger partial charge in [0, 0.05) is 39.8 Å². The van der Waals surface area contributed by atoms with E-state index in [2.05, 4.69) is 19.9 Å². The third-order valence-corrected chi connectivity index (χ3v) is 5.84. The molecule has 0 aliphatic carbocycles. The second-order valence-corrected chi connectivity index (χ2v) is 8.75. The monoisotopic (exact) mass is 482 g/mol. The van der Waals surface area contributed by atoms with Crippen molar-refractivity contribution in [3.8, 4) is 0 Å². The standard InChI is InChI=1S/C21H26F4N8O/c1-30(10-20(34)5-6-32(11-20)16-4-3-15(22)9-26-16)7-8-31(2)18-17-19(28-13-27-18)33(14-29-17)12-21(23,24)25/h3-4,9,13-14,34H,5-8,10-12H2,1-2H3. The van der Waals surface area contributed by atoms with Gasteiger partial charge in [-0.2, -0.15) is 13.2 Å². The Hall–Kier alpha value is -3.06. The minimum Gasteiger partial charge on any atom is -0.387 e. The zero-order valence-corrected chi connectivity index (χ0v) is 18.9. The van der Waals surface area contributed by atoms with Crippen LogP contribution in [0.15, 0.2) is 31.0 Å². The Morgan fingerprint density at radius 3 is 2.62 bits per heavy atom. The molecule has 1 atom stereocenters. The number of hydrogen-bond acceptors (Lipinski definition) is 8. The zero-order valence-electron chi connectivity index (χ0n) is 18.9. The number of aromatic nitrogens is 5. The van der Waals surface area contributed by atoms with E-state index in [1.54, 1.807) is 18.0 Å². The lowest BCUT2D eigenvalue weighted by Crippen LogP contribution is -2.45. The first-order chi connectivity index (χ1) is 16.0. The van der Waals surface area contributed by atoms with Crippen LogP contribution in [0.2, 0.25) is 0 Å². The molecule has 3 aromatic rings. The van der Waals surface area contributed by atoms with E-state index in [0.717, 1.165) is 17.1 Å². The van der Waals surface area contributed by atoms with Gasteiger partial charge in [-0.05, 0) is 25.6 Å². The molecule has 0 radical (unpaired) electrons. The van der Waals surface area contributed by atoms with Crippen LogP contribution in [0.25, 0.3) is 11.2 Å². The maximum Gasteiger partial charge on any atom is 0.406 e. The number of imidazole rings is 1. The molecule has 0 amide bonds. The van der Waals surface area contributed by atoms with Gasteiger partial charge >= 0.3 is 6.18 Å². The van der Waals surface area contributed by atoms with E-state index in [9.17, 15) is 22.7 Å². The van der Waals surface area contributed by atoms with Gasteiger partial charge in [-0.25, -0.2) is 24.3 Å². The van der Waals surface area contributed by atoms with Gasteiger partial charge < -0.3 is 24.4 Å². The minimum atomic E-state index is -4.38. The van der Waals surface area contributed by atoms with E-state index in [1.807, 2.05) is 16.8 Å². The van der Waals surface area contributed by atoms with Crippen molar-refractivity contribution in [3.05, 3.63) is 36.8 Å². The SMILES string of the molecule is CN(CCN(C)c1ncnc2c1ncn2CC(F)(F)F)CC1(O)CCN(c2ccc(F)cn2)C1. The molecule has 1 saturated heterocycles. The van der Waals surface area contributed by atoms with Crippen LogP contribution >= 0.6 is 0 Å². The third kappa shape index (κ3) is 5.53. The molecule has 1 aliphatic rings. The predicted octanol–water partition coefficient (Wildman–Crippen LogP) is 1.93. The van der Waals surface area contributed by atoms with E-state index in [-0.39, 0.29) is 5.65 Å². The largest absolute Gasteiger partial charge is 0.406 e. The molecule has 3 aromatic heterocycles. The lowest BCUT2D eigenvalue weighted by atomic mass is 10.0. The molecule has 9 nitrogen and oxygen atoms in total. The molecule has 0 aromatic carbocycles. The Morgan fingerprint density at radius 2 is 1.91 bits per heavy atom. The first kappa shape index (κ1) is 24.1. The Bertz CT molecular complexity index is 1120. The van der Waals surface area contributed by atoms with Crippen LogP contribution in [0.3, 0.4) is 0 Å². The van der Waals surface area contributed by atoms with Gasteiger partial charge in [-0.15, -0.1) is 0 Å². The van der Waals surface area contributed by atoms with Gasteiger partial charge in [0.05, 0.1) is 18.1 Å². The van der Waals surface area contributed by atoms with Crippen molar-refractivity contribution in [2.45, 2.75) is 24.7 Å². The number of fused-ring (bicyclic) bond motifs is 1. The average Bonchev–Trinajstić information content (AvgIpc) is 3.35. The topological polar surface area (TPSA) is 86.4 Å². The molecule has 1 unspecified atom stereocenters. The number of β-amino-alcohol motifs (C(OH)–C–C–N with tert-alkyl or cyclic N) is 1. The lowest BCUT2D eigenvalue weighted by molar-refractivity contribution is -0.140. The van der Waals surface area contributed by atoms with Gasteiger partial charge in [-0.1, -0.05) is 0 Å².